The van der Waals surface area contributed by atoms with Gasteiger partial charge in [-0.25, -0.2) is 25.6 Å². The maximum absolute atomic E-state index is 14.8. The number of amides is 2. The van der Waals surface area contributed by atoms with E-state index in [2.05, 4.69) is 5.32 Å². The van der Waals surface area contributed by atoms with Crippen LogP contribution in [0.15, 0.2) is 58.3 Å². The van der Waals surface area contributed by atoms with Crippen LogP contribution in [0, 0.1) is 30.4 Å². The van der Waals surface area contributed by atoms with Crippen molar-refractivity contribution in [2.75, 3.05) is 19.1 Å². The average Bonchev–Trinajstić information content (AvgIpc) is 3.98. The summed E-state index contributed by atoms with van der Waals surface area (Å²) in [5.41, 5.74) is 0.937. The first kappa shape index (κ1) is 35.6. The first-order chi connectivity index (χ1) is 23.5. The number of piperidine rings is 1. The third kappa shape index (κ3) is 7.16. The number of likely N-dealkylation sites (tertiary alicyclic amines) is 1. The largest absolute Gasteiger partial charge is 0.485 e. The quantitative estimate of drug-likeness (QED) is 0.352. The number of aryl methyl sites for hydroxylation is 1. The number of sulfone groups is 2. The maximum atomic E-state index is 14.8. The molecule has 0 bridgehead atoms. The van der Waals surface area contributed by atoms with Crippen molar-refractivity contribution in [2.24, 2.45) is 11.8 Å². The van der Waals surface area contributed by atoms with E-state index in [1.165, 1.54) is 48.2 Å². The molecule has 2 aliphatic heterocycles. The third-order valence-electron chi connectivity index (χ3n) is 9.59. The van der Waals surface area contributed by atoms with Crippen molar-refractivity contribution < 1.29 is 49.8 Å². The lowest BCUT2D eigenvalue weighted by Crippen LogP contribution is -2.49. The van der Waals surface area contributed by atoms with Gasteiger partial charge in [0.1, 0.15) is 23.4 Å². The van der Waals surface area contributed by atoms with E-state index in [-0.39, 0.29) is 62.3 Å². The number of hydrogen-bond donors (Lipinski definition) is 2. The molecule has 3 fully saturated rings. The van der Waals surface area contributed by atoms with E-state index in [1.807, 2.05) is 0 Å². The predicted molar refractivity (Wildman–Crippen MR) is 176 cm³/mol. The number of Topliss-reactive ketones (excluding diaryl/α,β-unsaturated/α-hetero) is 1. The zero-order chi connectivity index (χ0) is 36.3. The molecule has 2 N–H and O–H groups in total. The summed E-state index contributed by atoms with van der Waals surface area (Å²) in [7, 11) is -6.85. The van der Waals surface area contributed by atoms with Gasteiger partial charge in [-0.1, -0.05) is 6.07 Å². The van der Waals surface area contributed by atoms with Gasteiger partial charge in [0.15, 0.2) is 26.3 Å². The van der Waals surface area contributed by atoms with Crippen LogP contribution >= 0.6 is 0 Å². The van der Waals surface area contributed by atoms with Crippen LogP contribution in [0.1, 0.15) is 69.1 Å². The summed E-state index contributed by atoms with van der Waals surface area (Å²) < 4.78 is 80.5. The molecule has 50 heavy (non-hydrogen) atoms. The van der Waals surface area contributed by atoms with Gasteiger partial charge in [0, 0.05) is 29.7 Å². The number of halogens is 2. The van der Waals surface area contributed by atoms with Gasteiger partial charge in [-0.3, -0.25) is 14.4 Å². The second-order valence-corrected chi connectivity index (χ2v) is 17.4. The van der Waals surface area contributed by atoms with Gasteiger partial charge in [0.05, 0.1) is 28.0 Å². The number of ether oxygens (including phenoxy) is 1. The number of aliphatic hydroxyl groups is 1. The van der Waals surface area contributed by atoms with E-state index in [9.17, 15) is 45.1 Å². The van der Waals surface area contributed by atoms with Crippen LogP contribution in [-0.4, -0.2) is 75.6 Å². The van der Waals surface area contributed by atoms with Crippen molar-refractivity contribution in [1.82, 2.24) is 10.2 Å². The number of fused-ring (bicyclic) bond motifs is 2. The van der Waals surface area contributed by atoms with E-state index in [1.54, 1.807) is 0 Å². The summed E-state index contributed by atoms with van der Waals surface area (Å²) in [6.45, 7) is 1.01. The average molecular weight is 731 g/mol. The molecule has 7 rings (SSSR count). The molecule has 11 nitrogen and oxygen atoms in total. The number of hydrogen-bond acceptors (Lipinski definition) is 9. The second-order valence-electron chi connectivity index (χ2n) is 13.4. The molecule has 0 aromatic heterocycles. The van der Waals surface area contributed by atoms with Crippen molar-refractivity contribution >= 4 is 37.3 Å². The standard InChI is InChI=1S/C26H28F2N2O5S.C9H8O4S/c1-13-7-21(28)19(11-20(13)27)24(14-3-4-14)29-25(32)23-9-16-8-22(16)30(23)26(33)18-10-17(36(2,34)35)6-5-15(18)12-31;1-14(11,12)6-2-3-9-7(4-6)8(10)5-13-9/h5-7,10-11,14,16,22-24,31H,3-4,8-9,12H2,1-2H3,(H,29,32);2-4H,5H2,1H3/t16-,22-,23-,24-;/m1./s1. The fourth-order valence-electron chi connectivity index (χ4n) is 6.58. The molecular weight excluding hydrogens is 695 g/mol. The molecule has 3 aromatic rings. The number of carbonyl (C=O) groups is 3. The molecule has 2 heterocycles. The van der Waals surface area contributed by atoms with E-state index < -0.39 is 61.8 Å². The lowest BCUT2D eigenvalue weighted by Gasteiger charge is -2.30. The number of carbonyl (C=O) groups excluding carboxylic acids is 3. The highest BCUT2D eigenvalue weighted by Gasteiger charge is 2.56. The molecule has 0 unspecified atom stereocenters. The smallest absolute Gasteiger partial charge is 0.255 e. The van der Waals surface area contributed by atoms with Gasteiger partial charge >= 0.3 is 0 Å². The highest BCUT2D eigenvalue weighted by molar-refractivity contribution is 7.91. The normalized spacial score (nSPS) is 21.4. The minimum Gasteiger partial charge on any atom is -0.485 e. The Kier molecular flexibility index (Phi) is 9.37. The molecule has 4 aliphatic rings. The Bertz CT molecular complexity index is 2140. The van der Waals surface area contributed by atoms with Crippen LogP contribution in [0.4, 0.5) is 8.78 Å². The molecule has 4 atom stereocenters. The van der Waals surface area contributed by atoms with E-state index in [0.717, 1.165) is 43.9 Å². The van der Waals surface area contributed by atoms with Gasteiger partial charge in [0.2, 0.25) is 11.7 Å². The molecule has 15 heteroatoms. The van der Waals surface area contributed by atoms with Gasteiger partial charge < -0.3 is 20.1 Å². The molecule has 2 amide bonds. The zero-order valence-electron chi connectivity index (χ0n) is 27.5. The monoisotopic (exact) mass is 730 g/mol. The second kappa shape index (κ2) is 13.2. The summed E-state index contributed by atoms with van der Waals surface area (Å²) in [5.74, 6) is -1.69. The molecule has 0 spiro atoms. The Morgan fingerprint density at radius 1 is 0.960 bits per heavy atom. The van der Waals surface area contributed by atoms with Crippen LogP contribution in [0.3, 0.4) is 0 Å². The lowest BCUT2D eigenvalue weighted by atomic mass is 9.98. The van der Waals surface area contributed by atoms with Crippen molar-refractivity contribution in [3.05, 3.63) is 88.0 Å². The summed E-state index contributed by atoms with van der Waals surface area (Å²) in [5, 5.41) is 12.7. The van der Waals surface area contributed by atoms with Gasteiger partial charge in [-0.2, -0.15) is 0 Å². The Balaban J connectivity index is 0.000000257. The Morgan fingerprint density at radius 2 is 1.62 bits per heavy atom. The number of aliphatic hydroxyl groups excluding tert-OH is 1. The highest BCUT2D eigenvalue weighted by Crippen LogP contribution is 2.49. The Hall–Kier alpha value is -4.21. The number of nitrogens with zero attached hydrogens (tertiary/aromatic N) is 1. The van der Waals surface area contributed by atoms with Crippen molar-refractivity contribution in [2.45, 2.75) is 67.1 Å². The van der Waals surface area contributed by atoms with Crippen LogP contribution in [-0.2, 0) is 31.1 Å². The summed E-state index contributed by atoms with van der Waals surface area (Å²) in [4.78, 5) is 39.9. The zero-order valence-corrected chi connectivity index (χ0v) is 29.1. The number of ketones is 1. The van der Waals surface area contributed by atoms with Gasteiger partial charge in [0.25, 0.3) is 5.91 Å². The molecule has 266 valence electrons. The first-order valence-corrected chi connectivity index (χ1v) is 19.8. The summed E-state index contributed by atoms with van der Waals surface area (Å²) in [6.07, 6.45) is 4.86. The Labute approximate surface area is 288 Å². The van der Waals surface area contributed by atoms with Crippen molar-refractivity contribution in [1.29, 1.82) is 0 Å². The predicted octanol–water partition coefficient (Wildman–Crippen LogP) is 3.70. The lowest BCUT2D eigenvalue weighted by molar-refractivity contribution is -0.126. The van der Waals surface area contributed by atoms with E-state index in [0.29, 0.717) is 17.7 Å². The van der Waals surface area contributed by atoms with Gasteiger partial charge in [-0.15, -0.1) is 0 Å². The first-order valence-electron chi connectivity index (χ1n) is 16.0. The summed E-state index contributed by atoms with van der Waals surface area (Å²) in [6, 6.07) is 8.85. The topological polar surface area (TPSA) is 164 Å². The van der Waals surface area contributed by atoms with Crippen LogP contribution in [0.2, 0.25) is 0 Å². The maximum Gasteiger partial charge on any atom is 0.255 e. The molecular formula is C35H36F2N2O9S2. The molecule has 3 aromatic carbocycles. The summed E-state index contributed by atoms with van der Waals surface area (Å²) >= 11 is 0. The fraction of sp³-hybridized carbons (Fsp3) is 0.400. The van der Waals surface area contributed by atoms with Crippen LogP contribution < -0.4 is 10.1 Å². The molecule has 0 radical (unpaired) electrons. The molecule has 2 aliphatic carbocycles. The fourth-order valence-corrected chi connectivity index (χ4v) is 7.87. The number of benzene rings is 3. The Morgan fingerprint density at radius 3 is 2.26 bits per heavy atom. The van der Waals surface area contributed by atoms with Crippen molar-refractivity contribution in [3.8, 4) is 5.75 Å². The molecule has 2 saturated carbocycles. The number of rotatable bonds is 8. The third-order valence-corrected chi connectivity index (χ3v) is 11.8. The SMILES string of the molecule is CS(=O)(=O)c1ccc2c(c1)C(=O)CO2.Cc1cc(F)c([C@H](NC(=O)[C@H]2C[C@H]3C[C@H]3N2C(=O)c2cc(S(C)(=O)=O)ccc2CO)C2CC2)cc1F. The van der Waals surface area contributed by atoms with Crippen LogP contribution in [0.25, 0.3) is 0 Å². The van der Waals surface area contributed by atoms with Crippen molar-refractivity contribution in [3.63, 3.8) is 0 Å². The molecule has 1 saturated heterocycles. The minimum atomic E-state index is -3.60. The minimum absolute atomic E-state index is 0.00253. The number of nitrogens with one attached hydrogen (secondary N) is 1. The van der Waals surface area contributed by atoms with Crippen LogP contribution in [0.5, 0.6) is 5.75 Å². The highest BCUT2D eigenvalue weighted by atomic mass is 32.2. The van der Waals surface area contributed by atoms with E-state index >= 15 is 0 Å². The van der Waals surface area contributed by atoms with E-state index in [4.69, 9.17) is 4.74 Å². The van der Waals surface area contributed by atoms with Gasteiger partial charge in [-0.05, 0) is 98.0 Å².